The Balaban J connectivity index is 2.31. The fourth-order valence-corrected chi connectivity index (χ4v) is 2.52. The fraction of sp³-hybridized carbons (Fsp3) is 0. The lowest BCUT2D eigenvalue weighted by molar-refractivity contribution is 1.33. The number of pyridine rings is 1. The molecule has 3 rings (SSSR count). The van der Waals surface area contributed by atoms with Crippen molar-refractivity contribution < 1.29 is 0 Å². The summed E-state index contributed by atoms with van der Waals surface area (Å²) in [6.45, 7) is 0. The van der Waals surface area contributed by atoms with Crippen LogP contribution in [0.25, 0.3) is 21.5 Å². The average Bonchev–Trinajstić information content (AvgIpc) is 2.70. The maximum atomic E-state index is 5.70. The predicted molar refractivity (Wildman–Crippen MR) is 67.3 cm³/mol. The van der Waals surface area contributed by atoms with E-state index in [9.17, 15) is 0 Å². The Labute approximate surface area is 96.6 Å². The van der Waals surface area contributed by atoms with Gasteiger partial charge < -0.3 is 5.73 Å². The van der Waals surface area contributed by atoms with E-state index in [1.165, 1.54) is 16.9 Å². The second kappa shape index (κ2) is 3.57. The first-order valence-electron chi connectivity index (χ1n) is 4.91. The van der Waals surface area contributed by atoms with Crippen molar-refractivity contribution >= 4 is 26.8 Å². The van der Waals surface area contributed by atoms with Crippen molar-refractivity contribution in [2.75, 3.05) is 5.73 Å². The van der Waals surface area contributed by atoms with Crippen LogP contribution in [-0.4, -0.2) is 9.97 Å². The minimum absolute atomic E-state index is 0.561. The third kappa shape index (κ3) is 1.44. The molecule has 2 heterocycles. The van der Waals surface area contributed by atoms with Crippen molar-refractivity contribution in [2.45, 2.75) is 0 Å². The van der Waals surface area contributed by atoms with Crippen LogP contribution in [0.2, 0.25) is 0 Å². The van der Waals surface area contributed by atoms with Gasteiger partial charge in [-0.25, -0.2) is 9.97 Å². The van der Waals surface area contributed by atoms with Crippen LogP contribution in [0.4, 0.5) is 5.13 Å². The van der Waals surface area contributed by atoms with Gasteiger partial charge in [-0.05, 0) is 11.6 Å². The minimum atomic E-state index is 0.561. The number of hydrogen-bond acceptors (Lipinski definition) is 4. The second-order valence-corrected chi connectivity index (χ2v) is 4.46. The first kappa shape index (κ1) is 9.30. The highest BCUT2D eigenvalue weighted by Crippen LogP contribution is 2.32. The third-order valence-electron chi connectivity index (χ3n) is 2.39. The average molecular weight is 227 g/mol. The summed E-state index contributed by atoms with van der Waals surface area (Å²) >= 11 is 1.48. The highest BCUT2D eigenvalue weighted by Gasteiger charge is 2.08. The Bertz CT molecular complexity index is 631. The molecule has 0 saturated heterocycles. The van der Waals surface area contributed by atoms with Gasteiger partial charge in [0.05, 0.1) is 4.70 Å². The zero-order chi connectivity index (χ0) is 11.0. The predicted octanol–water partition coefficient (Wildman–Crippen LogP) is 2.94. The number of nitrogen functional groups attached to an aromatic ring is 1. The Morgan fingerprint density at radius 1 is 1.06 bits per heavy atom. The Hall–Kier alpha value is -1.94. The van der Waals surface area contributed by atoms with Crippen LogP contribution in [0.3, 0.4) is 0 Å². The molecule has 78 valence electrons. The van der Waals surface area contributed by atoms with E-state index in [1.54, 1.807) is 6.20 Å². The van der Waals surface area contributed by atoms with Gasteiger partial charge in [0.25, 0.3) is 0 Å². The first-order chi connectivity index (χ1) is 7.84. The molecule has 2 aromatic heterocycles. The second-order valence-electron chi connectivity index (χ2n) is 3.43. The zero-order valence-electron chi connectivity index (χ0n) is 8.42. The minimum Gasteiger partial charge on any atom is -0.375 e. The van der Waals surface area contributed by atoms with Crippen molar-refractivity contribution in [1.29, 1.82) is 0 Å². The monoisotopic (exact) mass is 227 g/mol. The van der Waals surface area contributed by atoms with E-state index >= 15 is 0 Å². The van der Waals surface area contributed by atoms with Crippen molar-refractivity contribution in [3.8, 4) is 11.1 Å². The lowest BCUT2D eigenvalue weighted by Crippen LogP contribution is -1.82. The van der Waals surface area contributed by atoms with E-state index in [1.807, 2.05) is 24.3 Å². The van der Waals surface area contributed by atoms with Gasteiger partial charge in [0.15, 0.2) is 10.8 Å². The standard InChI is InChI=1S/C12H9N3S/c13-12-15-11-10(16-12)9(6-7-14-11)8-4-2-1-3-5-8/h1-7H,(H2,13,14,15). The zero-order valence-corrected chi connectivity index (χ0v) is 9.24. The summed E-state index contributed by atoms with van der Waals surface area (Å²) < 4.78 is 1.05. The van der Waals surface area contributed by atoms with E-state index < -0.39 is 0 Å². The summed E-state index contributed by atoms with van der Waals surface area (Å²) in [5, 5.41) is 0.561. The van der Waals surface area contributed by atoms with Gasteiger partial charge in [-0.1, -0.05) is 41.7 Å². The highest BCUT2D eigenvalue weighted by atomic mass is 32.1. The summed E-state index contributed by atoms with van der Waals surface area (Å²) in [6, 6.07) is 12.2. The van der Waals surface area contributed by atoms with E-state index in [-0.39, 0.29) is 0 Å². The SMILES string of the molecule is Nc1nc2nccc(-c3ccccc3)c2s1. The summed E-state index contributed by atoms with van der Waals surface area (Å²) in [4.78, 5) is 8.39. The summed E-state index contributed by atoms with van der Waals surface area (Å²) in [6.07, 6.45) is 1.77. The third-order valence-corrected chi connectivity index (χ3v) is 3.30. The van der Waals surface area contributed by atoms with Crippen LogP contribution in [0, 0.1) is 0 Å². The smallest absolute Gasteiger partial charge is 0.182 e. The molecule has 2 N–H and O–H groups in total. The normalized spacial score (nSPS) is 10.8. The van der Waals surface area contributed by atoms with Gasteiger partial charge >= 0.3 is 0 Å². The van der Waals surface area contributed by atoms with Crippen LogP contribution in [0.5, 0.6) is 0 Å². The summed E-state index contributed by atoms with van der Waals surface area (Å²) in [5.74, 6) is 0. The molecule has 0 unspecified atom stereocenters. The van der Waals surface area contributed by atoms with Gasteiger partial charge in [0.1, 0.15) is 0 Å². The van der Waals surface area contributed by atoms with Crippen molar-refractivity contribution in [2.24, 2.45) is 0 Å². The molecule has 0 fully saturated rings. The number of fused-ring (bicyclic) bond motifs is 1. The Morgan fingerprint density at radius 3 is 2.69 bits per heavy atom. The summed E-state index contributed by atoms with van der Waals surface area (Å²) in [7, 11) is 0. The number of hydrogen-bond donors (Lipinski definition) is 1. The molecule has 0 bridgehead atoms. The Kier molecular flexibility index (Phi) is 2.08. The van der Waals surface area contributed by atoms with Crippen LogP contribution in [-0.2, 0) is 0 Å². The molecule has 0 atom stereocenters. The molecular weight excluding hydrogens is 218 g/mol. The number of benzene rings is 1. The van der Waals surface area contributed by atoms with Gasteiger partial charge in [0.2, 0.25) is 0 Å². The largest absolute Gasteiger partial charge is 0.375 e. The molecule has 0 aliphatic carbocycles. The van der Waals surface area contributed by atoms with Gasteiger partial charge in [-0.15, -0.1) is 0 Å². The number of thiazole rings is 1. The van der Waals surface area contributed by atoms with Crippen molar-refractivity contribution in [3.05, 3.63) is 42.6 Å². The van der Waals surface area contributed by atoms with Gasteiger partial charge in [-0.2, -0.15) is 0 Å². The first-order valence-corrected chi connectivity index (χ1v) is 5.73. The number of aromatic nitrogens is 2. The molecular formula is C12H9N3S. The maximum Gasteiger partial charge on any atom is 0.182 e. The molecule has 0 amide bonds. The molecule has 16 heavy (non-hydrogen) atoms. The maximum absolute atomic E-state index is 5.70. The number of nitrogens with zero attached hydrogens (tertiary/aromatic N) is 2. The van der Waals surface area contributed by atoms with E-state index in [0.29, 0.717) is 5.13 Å². The topological polar surface area (TPSA) is 51.8 Å². The summed E-state index contributed by atoms with van der Waals surface area (Å²) in [5.41, 5.74) is 8.73. The molecule has 3 aromatic rings. The number of nitrogens with two attached hydrogens (primary N) is 1. The molecule has 4 heteroatoms. The van der Waals surface area contributed by atoms with E-state index in [2.05, 4.69) is 22.1 Å². The molecule has 0 radical (unpaired) electrons. The van der Waals surface area contributed by atoms with Crippen LogP contribution < -0.4 is 5.73 Å². The molecule has 0 spiro atoms. The number of anilines is 1. The molecule has 0 aliphatic rings. The van der Waals surface area contributed by atoms with Gasteiger partial charge in [-0.3, -0.25) is 0 Å². The van der Waals surface area contributed by atoms with Crippen LogP contribution in [0.15, 0.2) is 42.6 Å². The van der Waals surface area contributed by atoms with Crippen LogP contribution >= 0.6 is 11.3 Å². The molecule has 3 nitrogen and oxygen atoms in total. The lowest BCUT2D eigenvalue weighted by Gasteiger charge is -2.00. The molecule has 0 saturated carbocycles. The van der Waals surface area contributed by atoms with Gasteiger partial charge in [0, 0.05) is 11.8 Å². The van der Waals surface area contributed by atoms with Crippen LogP contribution in [0.1, 0.15) is 0 Å². The Morgan fingerprint density at radius 2 is 1.88 bits per heavy atom. The molecule has 0 aliphatic heterocycles. The molecule has 1 aromatic carbocycles. The van der Waals surface area contributed by atoms with E-state index in [0.717, 1.165) is 15.9 Å². The van der Waals surface area contributed by atoms with E-state index in [4.69, 9.17) is 5.73 Å². The lowest BCUT2D eigenvalue weighted by atomic mass is 10.1. The van der Waals surface area contributed by atoms with Crippen molar-refractivity contribution in [3.63, 3.8) is 0 Å². The quantitative estimate of drug-likeness (QED) is 0.695. The van der Waals surface area contributed by atoms with Crippen molar-refractivity contribution in [1.82, 2.24) is 9.97 Å². The highest BCUT2D eigenvalue weighted by molar-refractivity contribution is 7.22. The number of rotatable bonds is 1. The fourth-order valence-electron chi connectivity index (χ4n) is 1.69.